The second-order valence-electron chi connectivity index (χ2n) is 8.03. The number of urea groups is 1. The van der Waals surface area contributed by atoms with Crippen molar-refractivity contribution < 1.29 is 41.0 Å². The van der Waals surface area contributed by atoms with Gasteiger partial charge in [0.25, 0.3) is 0 Å². The van der Waals surface area contributed by atoms with E-state index in [2.05, 4.69) is 5.32 Å². The second kappa shape index (κ2) is 9.43. The number of piperidine rings is 1. The number of alkyl halides is 6. The molecule has 0 unspecified atom stereocenters. The average Bonchev–Trinajstić information content (AvgIpc) is 2.73. The van der Waals surface area contributed by atoms with Crippen molar-refractivity contribution in [2.75, 3.05) is 18.4 Å². The van der Waals surface area contributed by atoms with Crippen LogP contribution in [-0.4, -0.2) is 41.3 Å². The highest BCUT2D eigenvalue weighted by atomic mass is 19.4. The minimum absolute atomic E-state index is 0.0296. The monoisotopic (exact) mass is 489 g/mol. The molecule has 2 atom stereocenters. The van der Waals surface area contributed by atoms with Crippen LogP contribution in [0.15, 0.2) is 42.5 Å². The van der Waals surface area contributed by atoms with Crippen LogP contribution in [0.3, 0.4) is 0 Å². The number of halogens is 6. The van der Waals surface area contributed by atoms with Gasteiger partial charge in [-0.2, -0.15) is 26.3 Å². The Morgan fingerprint density at radius 2 is 1.53 bits per heavy atom. The van der Waals surface area contributed by atoms with Gasteiger partial charge in [0, 0.05) is 30.7 Å². The third kappa shape index (κ3) is 6.12. The lowest BCUT2D eigenvalue weighted by Gasteiger charge is -2.38. The van der Waals surface area contributed by atoms with Crippen molar-refractivity contribution in [3.63, 3.8) is 0 Å². The molecule has 1 heterocycles. The zero-order valence-electron chi connectivity index (χ0n) is 17.8. The number of carbonyl (C=O) groups is 2. The molecule has 0 radical (unpaired) electrons. The largest absolute Gasteiger partial charge is 0.465 e. The van der Waals surface area contributed by atoms with E-state index in [1.807, 2.05) is 24.4 Å². The fourth-order valence-electron chi connectivity index (χ4n) is 3.81. The molecular weight excluding hydrogens is 468 g/mol. The summed E-state index contributed by atoms with van der Waals surface area (Å²) >= 11 is 0. The molecule has 0 spiro atoms. The Kier molecular flexibility index (Phi) is 6.99. The van der Waals surface area contributed by atoms with Crippen LogP contribution in [0.2, 0.25) is 0 Å². The van der Waals surface area contributed by atoms with Crippen LogP contribution in [0.5, 0.6) is 0 Å². The van der Waals surface area contributed by atoms with Gasteiger partial charge in [0.2, 0.25) is 0 Å². The third-order valence-electron chi connectivity index (χ3n) is 5.55. The van der Waals surface area contributed by atoms with Crippen molar-refractivity contribution in [1.29, 1.82) is 0 Å². The van der Waals surface area contributed by atoms with E-state index >= 15 is 0 Å². The Bertz CT molecular complexity index is 1020. The van der Waals surface area contributed by atoms with Crippen molar-refractivity contribution in [2.45, 2.75) is 37.7 Å². The molecule has 184 valence electrons. The summed E-state index contributed by atoms with van der Waals surface area (Å²) in [4.78, 5) is 25.1. The molecule has 0 aromatic heterocycles. The zero-order chi connectivity index (χ0) is 25.3. The number of aryl methyl sites for hydroxylation is 1. The number of likely N-dealkylation sites (tertiary alicyclic amines) is 1. The lowest BCUT2D eigenvalue weighted by molar-refractivity contribution is -0.143. The standard InChI is InChI=1S/C22H21F6N3O3/c1-12-2-4-13(5-3-12)17-11-31(20(33)34)7-6-18(17)30-19(32)29-16-9-14(21(23,24)25)8-15(10-16)22(26,27)28/h2-5,8-10,17-18H,6-7,11H2,1H3,(H,33,34)(H2,29,30,32)/t17-,18+/m0/s1. The first-order valence-corrected chi connectivity index (χ1v) is 10.2. The number of nitrogens with one attached hydrogen (secondary N) is 2. The Balaban J connectivity index is 1.82. The molecular formula is C22H21F6N3O3. The molecule has 0 saturated carbocycles. The SMILES string of the molecule is Cc1ccc([C@@H]2CN(C(=O)O)CC[C@H]2NC(=O)Nc2cc(C(F)(F)F)cc(C(F)(F)F)c2)cc1. The van der Waals surface area contributed by atoms with Gasteiger partial charge in [-0.25, -0.2) is 9.59 Å². The molecule has 2 aromatic carbocycles. The number of hydrogen-bond acceptors (Lipinski definition) is 2. The van der Waals surface area contributed by atoms with E-state index < -0.39 is 53.3 Å². The van der Waals surface area contributed by atoms with Crippen LogP contribution in [0.1, 0.15) is 34.6 Å². The Labute approximate surface area is 190 Å². The number of carboxylic acid groups (broad SMARTS) is 1. The molecule has 3 rings (SSSR count). The average molecular weight is 489 g/mol. The van der Waals surface area contributed by atoms with E-state index in [0.717, 1.165) is 11.1 Å². The topological polar surface area (TPSA) is 81.7 Å². The van der Waals surface area contributed by atoms with Crippen LogP contribution in [0.25, 0.3) is 0 Å². The highest BCUT2D eigenvalue weighted by Crippen LogP contribution is 2.37. The summed E-state index contributed by atoms with van der Waals surface area (Å²) in [5.74, 6) is -0.469. The smallest absolute Gasteiger partial charge is 0.416 e. The molecule has 1 aliphatic rings. The van der Waals surface area contributed by atoms with Crippen molar-refractivity contribution in [2.24, 2.45) is 0 Å². The molecule has 2 aromatic rings. The first-order chi connectivity index (χ1) is 15.7. The van der Waals surface area contributed by atoms with Crippen molar-refractivity contribution in [3.05, 3.63) is 64.7 Å². The van der Waals surface area contributed by atoms with Crippen LogP contribution >= 0.6 is 0 Å². The predicted octanol–water partition coefficient (Wildman–Crippen LogP) is 5.69. The molecule has 1 saturated heterocycles. The quantitative estimate of drug-likeness (QED) is 0.485. The Hall–Kier alpha value is -3.44. The summed E-state index contributed by atoms with van der Waals surface area (Å²) in [5.41, 5.74) is -2.08. The van der Waals surface area contributed by atoms with Gasteiger partial charge in [-0.3, -0.25) is 0 Å². The van der Waals surface area contributed by atoms with Crippen molar-refractivity contribution in [3.8, 4) is 0 Å². The number of amides is 3. The normalized spacial score (nSPS) is 19.0. The fraction of sp³-hybridized carbons (Fsp3) is 0.364. The number of hydrogen-bond donors (Lipinski definition) is 3. The van der Waals surface area contributed by atoms with Gasteiger partial charge in [-0.15, -0.1) is 0 Å². The van der Waals surface area contributed by atoms with Gasteiger partial charge in [-0.1, -0.05) is 29.8 Å². The minimum atomic E-state index is -5.05. The third-order valence-corrected chi connectivity index (χ3v) is 5.55. The van der Waals surface area contributed by atoms with E-state index in [1.165, 1.54) is 4.90 Å². The molecule has 1 aliphatic heterocycles. The molecule has 0 aliphatic carbocycles. The summed E-state index contributed by atoms with van der Waals surface area (Å²) in [5, 5.41) is 14.0. The van der Waals surface area contributed by atoms with Crippen LogP contribution in [-0.2, 0) is 12.4 Å². The van der Waals surface area contributed by atoms with Gasteiger partial charge in [0.05, 0.1) is 11.1 Å². The Morgan fingerprint density at radius 3 is 2.03 bits per heavy atom. The fourth-order valence-corrected chi connectivity index (χ4v) is 3.81. The number of benzene rings is 2. The molecule has 3 amide bonds. The first kappa shape index (κ1) is 25.2. The molecule has 34 heavy (non-hydrogen) atoms. The maximum Gasteiger partial charge on any atom is 0.416 e. The molecule has 1 fully saturated rings. The zero-order valence-corrected chi connectivity index (χ0v) is 17.8. The van der Waals surface area contributed by atoms with E-state index in [4.69, 9.17) is 0 Å². The predicted molar refractivity (Wildman–Crippen MR) is 111 cm³/mol. The van der Waals surface area contributed by atoms with Crippen LogP contribution < -0.4 is 10.6 Å². The highest BCUT2D eigenvalue weighted by molar-refractivity contribution is 5.89. The Morgan fingerprint density at radius 1 is 0.971 bits per heavy atom. The number of anilines is 1. The minimum Gasteiger partial charge on any atom is -0.465 e. The summed E-state index contributed by atoms with van der Waals surface area (Å²) < 4.78 is 78.4. The second-order valence-corrected chi connectivity index (χ2v) is 8.03. The van der Waals surface area contributed by atoms with E-state index in [9.17, 15) is 41.0 Å². The maximum absolute atomic E-state index is 13.1. The summed E-state index contributed by atoms with van der Waals surface area (Å²) in [6, 6.07) is 6.38. The van der Waals surface area contributed by atoms with Crippen molar-refractivity contribution in [1.82, 2.24) is 10.2 Å². The van der Waals surface area contributed by atoms with Gasteiger partial charge in [0.15, 0.2) is 0 Å². The van der Waals surface area contributed by atoms with Crippen LogP contribution in [0, 0.1) is 6.92 Å². The number of rotatable bonds is 3. The summed E-state index contributed by atoms with van der Waals surface area (Å²) in [6.07, 6.45) is -11.0. The lowest BCUT2D eigenvalue weighted by Crippen LogP contribution is -2.51. The van der Waals surface area contributed by atoms with Gasteiger partial charge in [0.1, 0.15) is 0 Å². The molecule has 12 heteroatoms. The van der Waals surface area contributed by atoms with E-state index in [-0.39, 0.29) is 25.6 Å². The van der Waals surface area contributed by atoms with Gasteiger partial charge >= 0.3 is 24.5 Å². The van der Waals surface area contributed by atoms with Gasteiger partial charge < -0.3 is 20.6 Å². The first-order valence-electron chi connectivity index (χ1n) is 10.2. The highest BCUT2D eigenvalue weighted by Gasteiger charge is 2.37. The van der Waals surface area contributed by atoms with E-state index in [0.29, 0.717) is 12.1 Å². The molecule has 0 bridgehead atoms. The van der Waals surface area contributed by atoms with Gasteiger partial charge in [-0.05, 0) is 37.1 Å². The maximum atomic E-state index is 13.1. The summed E-state index contributed by atoms with van der Waals surface area (Å²) in [7, 11) is 0. The summed E-state index contributed by atoms with van der Waals surface area (Å²) in [6.45, 7) is 2.02. The number of nitrogens with zero attached hydrogens (tertiary/aromatic N) is 1. The molecule has 3 N–H and O–H groups in total. The molecule has 6 nitrogen and oxygen atoms in total. The van der Waals surface area contributed by atoms with E-state index in [1.54, 1.807) is 12.1 Å². The number of carbonyl (C=O) groups excluding carboxylic acids is 1. The van der Waals surface area contributed by atoms with Crippen molar-refractivity contribution >= 4 is 17.8 Å². The van der Waals surface area contributed by atoms with Crippen LogP contribution in [0.4, 0.5) is 41.6 Å². The lowest BCUT2D eigenvalue weighted by atomic mass is 9.86.